The first kappa shape index (κ1) is 34.5. The van der Waals surface area contributed by atoms with Gasteiger partial charge in [0.15, 0.2) is 4.80 Å². The Bertz CT molecular complexity index is 2310. The number of rotatable bonds is 9. The molecule has 6 rings (SSSR count). The molecule has 10 heteroatoms. The van der Waals surface area contributed by atoms with E-state index < -0.39 is 12.0 Å². The third kappa shape index (κ3) is 7.20. The Kier molecular flexibility index (Phi) is 10.6. The Hall–Kier alpha value is -4.31. The highest BCUT2D eigenvalue weighted by molar-refractivity contribution is 14.1. The molecule has 0 saturated heterocycles. The molecule has 246 valence electrons. The summed E-state index contributed by atoms with van der Waals surface area (Å²) in [6.07, 6.45) is 1.80. The maximum absolute atomic E-state index is 14.5. The average molecular weight is 845 g/mol. The van der Waals surface area contributed by atoms with E-state index in [9.17, 15) is 14.9 Å². The number of carbonyl (C=O) groups excluding carboxylic acids is 1. The van der Waals surface area contributed by atoms with E-state index in [1.807, 2.05) is 84.9 Å². The van der Waals surface area contributed by atoms with Crippen LogP contribution in [0.4, 0.5) is 0 Å². The van der Waals surface area contributed by atoms with Crippen molar-refractivity contribution >= 4 is 67.6 Å². The number of aromatic nitrogens is 1. The molecule has 0 unspecified atom stereocenters. The van der Waals surface area contributed by atoms with E-state index in [0.29, 0.717) is 43.4 Å². The number of fused-ring (bicyclic) bond motifs is 1. The third-order valence-electron chi connectivity index (χ3n) is 8.13. The van der Waals surface area contributed by atoms with Crippen LogP contribution in [0.25, 0.3) is 11.8 Å². The smallest absolute Gasteiger partial charge is 0.338 e. The van der Waals surface area contributed by atoms with Gasteiger partial charge in [0, 0.05) is 21.2 Å². The Labute approximate surface area is 310 Å². The lowest BCUT2D eigenvalue weighted by Gasteiger charge is -2.26. The molecule has 5 aromatic rings. The van der Waals surface area contributed by atoms with Crippen molar-refractivity contribution in [2.24, 2.45) is 4.99 Å². The molecule has 1 aromatic heterocycles. The molecule has 0 aliphatic carbocycles. The lowest BCUT2D eigenvalue weighted by molar-refractivity contribution is -0.138. The fourth-order valence-corrected chi connectivity index (χ4v) is 8.40. The summed E-state index contributed by atoms with van der Waals surface area (Å²) < 4.78 is 15.6. The molecule has 0 N–H and O–H groups in total. The largest absolute Gasteiger partial charge is 0.487 e. The van der Waals surface area contributed by atoms with Gasteiger partial charge < -0.3 is 9.47 Å². The number of hydrogen-bond donors (Lipinski definition) is 0. The van der Waals surface area contributed by atoms with Crippen LogP contribution in [0.2, 0.25) is 0 Å². The average Bonchev–Trinajstić information content (AvgIpc) is 3.41. The quantitative estimate of drug-likeness (QED) is 0.111. The third-order valence-corrected chi connectivity index (χ3v) is 10.4. The molecular weight excluding hydrogens is 813 g/mol. The molecule has 0 radical (unpaired) electrons. The Morgan fingerprint density at radius 3 is 2.49 bits per heavy atom. The van der Waals surface area contributed by atoms with Gasteiger partial charge in [-0.15, -0.1) is 0 Å². The summed E-state index contributed by atoms with van der Waals surface area (Å²) in [6.45, 7) is 6.37. The second-order valence-corrected chi connectivity index (χ2v) is 14.7. The summed E-state index contributed by atoms with van der Waals surface area (Å²) in [5, 5.41) is 9.59. The van der Waals surface area contributed by atoms with Gasteiger partial charge in [0.25, 0.3) is 5.56 Å². The van der Waals surface area contributed by atoms with Crippen LogP contribution in [0, 0.1) is 14.9 Å². The molecule has 2 heterocycles. The maximum Gasteiger partial charge on any atom is 0.338 e. The number of thiazole rings is 1. The minimum atomic E-state index is -0.769. The van der Waals surface area contributed by atoms with Crippen LogP contribution in [-0.2, 0) is 16.1 Å². The predicted octanol–water partition coefficient (Wildman–Crippen LogP) is 7.88. The first-order valence-electron chi connectivity index (χ1n) is 15.7. The van der Waals surface area contributed by atoms with Gasteiger partial charge in [-0.3, -0.25) is 9.36 Å². The number of esters is 1. The van der Waals surface area contributed by atoms with Gasteiger partial charge in [-0.05, 0) is 70.8 Å². The molecule has 1 aliphatic rings. The summed E-state index contributed by atoms with van der Waals surface area (Å²) in [7, 11) is 0. The highest BCUT2D eigenvalue weighted by Crippen LogP contribution is 2.36. The fourth-order valence-electron chi connectivity index (χ4n) is 5.71. The van der Waals surface area contributed by atoms with Crippen LogP contribution in [-0.4, -0.2) is 17.1 Å². The highest BCUT2D eigenvalue weighted by atomic mass is 127. The van der Waals surface area contributed by atoms with Crippen molar-refractivity contribution in [3.63, 3.8) is 0 Å². The van der Waals surface area contributed by atoms with Crippen LogP contribution in [0.3, 0.4) is 0 Å². The number of nitriles is 1. The molecule has 49 heavy (non-hydrogen) atoms. The highest BCUT2D eigenvalue weighted by Gasteiger charge is 2.35. The van der Waals surface area contributed by atoms with Gasteiger partial charge in [-0.1, -0.05) is 114 Å². The molecular formula is C39H31BrIN3O4S. The van der Waals surface area contributed by atoms with E-state index in [4.69, 9.17) is 14.5 Å². The zero-order valence-corrected chi connectivity index (χ0v) is 31.5. The van der Waals surface area contributed by atoms with Crippen molar-refractivity contribution in [3.05, 3.63) is 158 Å². The topological polar surface area (TPSA) is 93.7 Å². The van der Waals surface area contributed by atoms with Gasteiger partial charge in [-0.2, -0.15) is 5.26 Å². The number of ether oxygens (including phenoxy) is 2. The molecule has 0 saturated carbocycles. The van der Waals surface area contributed by atoms with Gasteiger partial charge in [-0.25, -0.2) is 9.79 Å². The van der Waals surface area contributed by atoms with Crippen molar-refractivity contribution in [1.29, 1.82) is 5.26 Å². The van der Waals surface area contributed by atoms with E-state index >= 15 is 0 Å². The second-order valence-electron chi connectivity index (χ2n) is 11.6. The molecule has 0 spiro atoms. The summed E-state index contributed by atoms with van der Waals surface area (Å²) in [5.74, 6) is 0.376. The SMILES string of the molecule is CCOC(=O)C1=C(c2ccccc2)N=c2s/c(=C\c3cc(Br)cc(I)c3OCc3ccccc3C#N)c(=O)n2[C@H]1c1ccc(C(C)C)cc1. The normalized spacial score (nSPS) is 14.3. The predicted molar refractivity (Wildman–Crippen MR) is 204 cm³/mol. The molecule has 1 aliphatic heterocycles. The van der Waals surface area contributed by atoms with Crippen LogP contribution < -0.4 is 19.6 Å². The zero-order chi connectivity index (χ0) is 34.7. The van der Waals surface area contributed by atoms with Gasteiger partial charge in [0.2, 0.25) is 0 Å². The minimum Gasteiger partial charge on any atom is -0.487 e. The van der Waals surface area contributed by atoms with E-state index in [-0.39, 0.29) is 18.8 Å². The van der Waals surface area contributed by atoms with E-state index in [0.717, 1.165) is 30.3 Å². The zero-order valence-electron chi connectivity index (χ0n) is 26.9. The van der Waals surface area contributed by atoms with Crippen LogP contribution in [0.1, 0.15) is 66.1 Å². The van der Waals surface area contributed by atoms with Crippen molar-refractivity contribution < 1.29 is 14.3 Å². The standard InChI is InChI=1S/C39H31BrIN3O4S/c1-4-47-38(46)33-34(25-10-6-5-7-11-25)43-39-44(35(33)26-16-14-24(15-17-26)23(2)3)37(45)32(49-39)19-29-18-30(40)20-31(41)36(29)48-22-28-13-9-8-12-27(28)21-42/h5-20,23,35H,4,22H2,1-3H3/b32-19-/t35-/m0/s1. The lowest BCUT2D eigenvalue weighted by atomic mass is 9.91. The Balaban J connectivity index is 1.56. The van der Waals surface area contributed by atoms with Crippen LogP contribution in [0.15, 0.2) is 111 Å². The molecule has 1 atom stereocenters. The molecule has 7 nitrogen and oxygen atoms in total. The minimum absolute atomic E-state index is 0.178. The Morgan fingerprint density at radius 2 is 1.80 bits per heavy atom. The second kappa shape index (κ2) is 15.1. The molecule has 4 aromatic carbocycles. The van der Waals surface area contributed by atoms with Crippen molar-refractivity contribution in [3.8, 4) is 11.8 Å². The first-order valence-corrected chi connectivity index (χ1v) is 18.4. The van der Waals surface area contributed by atoms with Crippen LogP contribution >= 0.6 is 49.9 Å². The molecule has 0 fully saturated rings. The van der Waals surface area contributed by atoms with Crippen molar-refractivity contribution in [1.82, 2.24) is 4.57 Å². The summed E-state index contributed by atoms with van der Waals surface area (Å²) >= 11 is 7.07. The monoisotopic (exact) mass is 843 g/mol. The van der Waals surface area contributed by atoms with Crippen LogP contribution in [0.5, 0.6) is 5.75 Å². The first-order chi connectivity index (χ1) is 23.7. The molecule has 0 bridgehead atoms. The van der Waals surface area contributed by atoms with E-state index in [2.05, 4.69) is 58.4 Å². The lowest BCUT2D eigenvalue weighted by Crippen LogP contribution is -2.40. The number of halogens is 2. The number of nitrogens with zero attached hydrogens (tertiary/aromatic N) is 3. The number of carbonyl (C=O) groups is 1. The number of hydrogen-bond acceptors (Lipinski definition) is 7. The maximum atomic E-state index is 14.5. The summed E-state index contributed by atoms with van der Waals surface area (Å²) in [4.78, 5) is 33.8. The van der Waals surface area contributed by atoms with Gasteiger partial charge >= 0.3 is 5.97 Å². The molecule has 0 amide bonds. The van der Waals surface area contributed by atoms with Crippen molar-refractivity contribution in [2.75, 3.05) is 6.61 Å². The number of benzene rings is 4. The summed E-state index contributed by atoms with van der Waals surface area (Å²) in [5.41, 5.74) is 5.16. The van der Waals surface area contributed by atoms with E-state index in [1.165, 1.54) is 11.3 Å². The van der Waals surface area contributed by atoms with Gasteiger partial charge in [0.1, 0.15) is 12.4 Å². The van der Waals surface area contributed by atoms with Crippen molar-refractivity contribution in [2.45, 2.75) is 39.3 Å². The van der Waals surface area contributed by atoms with E-state index in [1.54, 1.807) is 23.6 Å². The van der Waals surface area contributed by atoms with Gasteiger partial charge in [0.05, 0.1) is 43.7 Å². The fraction of sp³-hybridized carbons (Fsp3) is 0.179. The summed E-state index contributed by atoms with van der Waals surface area (Å²) in [6, 6.07) is 30.1. The Morgan fingerprint density at radius 1 is 1.08 bits per heavy atom.